The zero-order valence-corrected chi connectivity index (χ0v) is 29.9. The van der Waals surface area contributed by atoms with Gasteiger partial charge in [0.25, 0.3) is 0 Å². The Morgan fingerprint density at radius 2 is 0.839 bits per heavy atom. The molecule has 0 saturated heterocycles. The average Bonchev–Trinajstić information content (AvgIpc) is 3.86. The first-order valence-electron chi connectivity index (χ1n) is 23.5. The molecule has 11 aromatic rings. The third-order valence-electron chi connectivity index (χ3n) is 10.7. The molecule has 0 saturated carbocycles. The van der Waals surface area contributed by atoms with Crippen LogP contribution >= 0.6 is 0 Å². The van der Waals surface area contributed by atoms with Crippen molar-refractivity contribution >= 4 is 43.6 Å². The fraction of sp³-hybridized carbons (Fsp3) is 0. The zero-order chi connectivity index (χ0) is 45.7. The number of aromatic nitrogens is 2. The summed E-state index contributed by atoms with van der Waals surface area (Å²) >= 11 is 0. The van der Waals surface area contributed by atoms with Crippen molar-refractivity contribution in [3.05, 3.63) is 218 Å². The van der Waals surface area contributed by atoms with Gasteiger partial charge in [-0.2, -0.15) is 0 Å². The molecule has 0 aliphatic carbocycles. The number of hydrogen-bond donors (Lipinski definition) is 0. The fourth-order valence-electron chi connectivity index (χ4n) is 8.35. The number of para-hydroxylation sites is 3. The highest BCUT2D eigenvalue weighted by atomic mass is 15.0. The summed E-state index contributed by atoms with van der Waals surface area (Å²) in [7, 11) is 0. The third-order valence-corrected chi connectivity index (χ3v) is 10.7. The van der Waals surface area contributed by atoms with Crippen molar-refractivity contribution in [2.24, 2.45) is 0 Å². The van der Waals surface area contributed by atoms with E-state index in [-0.39, 0.29) is 22.3 Å². The Morgan fingerprint density at radius 3 is 1.50 bits per heavy atom. The van der Waals surface area contributed by atoms with E-state index in [1.54, 1.807) is 18.2 Å². The minimum absolute atomic E-state index is 0.0711. The molecule has 9 aromatic carbocycles. The van der Waals surface area contributed by atoms with Gasteiger partial charge in [-0.05, 0) is 87.5 Å². The van der Waals surface area contributed by atoms with Crippen molar-refractivity contribution in [2.75, 3.05) is 0 Å². The van der Waals surface area contributed by atoms with Crippen molar-refractivity contribution < 1.29 is 13.7 Å². The van der Waals surface area contributed by atoms with E-state index in [1.807, 2.05) is 72.8 Å². The summed E-state index contributed by atoms with van der Waals surface area (Å²) in [4.78, 5) is 0. The first-order valence-corrected chi connectivity index (χ1v) is 18.5. The zero-order valence-electron chi connectivity index (χ0n) is 39.9. The van der Waals surface area contributed by atoms with E-state index < -0.39 is 60.4 Å². The molecule has 2 nitrogen and oxygen atoms in total. The minimum atomic E-state index is -0.541. The Balaban J connectivity index is 1.27. The molecule has 11 rings (SSSR count). The highest BCUT2D eigenvalue weighted by molar-refractivity contribution is 6.14. The smallest absolute Gasteiger partial charge is 0.0629 e. The van der Waals surface area contributed by atoms with Gasteiger partial charge in [-0.25, -0.2) is 0 Å². The Morgan fingerprint density at radius 1 is 0.321 bits per heavy atom. The summed E-state index contributed by atoms with van der Waals surface area (Å²) in [6.07, 6.45) is 0. The molecule has 0 amide bonds. The molecule has 0 atom stereocenters. The molecule has 2 aromatic heterocycles. The van der Waals surface area contributed by atoms with E-state index in [4.69, 9.17) is 13.7 Å². The van der Waals surface area contributed by atoms with Gasteiger partial charge in [0.05, 0.1) is 41.5 Å². The van der Waals surface area contributed by atoms with Crippen molar-refractivity contribution in [2.45, 2.75) is 0 Å². The standard InChI is InChI=1S/C54H36N2/c1-4-17-37(18-5-1)42-23-10-13-28-49(42)56-52-33-31-40(54-43(38-19-6-2-7-20-38)26-16-27-44(54)39-21-8-3-9-22-39)35-47(52)48-36-41(32-34-53(48)56)55-50-29-14-11-24-45(50)46-25-12-15-30-51(46)55/h1-36H/i2D,3D,6D,7D,8D,9D,19D,20D,21D,22D. The lowest BCUT2D eigenvalue weighted by Crippen LogP contribution is -1.98. The van der Waals surface area contributed by atoms with E-state index in [2.05, 4.69) is 75.9 Å². The van der Waals surface area contributed by atoms with Crippen LogP contribution in [0.1, 0.15) is 13.7 Å². The molecule has 0 aliphatic rings. The predicted octanol–water partition coefficient (Wildman–Crippen LogP) is 14.5. The van der Waals surface area contributed by atoms with E-state index in [0.29, 0.717) is 11.1 Å². The Kier molecular flexibility index (Phi) is 5.49. The molecular formula is C54H36N2. The molecule has 0 unspecified atom stereocenters. The number of hydrogen-bond acceptors (Lipinski definition) is 0. The van der Waals surface area contributed by atoms with Gasteiger partial charge in [0.2, 0.25) is 0 Å². The van der Waals surface area contributed by atoms with Crippen LogP contribution in [0.3, 0.4) is 0 Å². The van der Waals surface area contributed by atoms with Crippen LogP contribution in [0.15, 0.2) is 218 Å². The average molecular weight is 723 g/mol. The Hall–Kier alpha value is -7.42. The third kappa shape index (κ3) is 5.11. The van der Waals surface area contributed by atoms with Crippen molar-refractivity contribution in [1.82, 2.24) is 9.13 Å². The molecule has 0 N–H and O–H groups in total. The Labute approximate surface area is 339 Å². The quantitative estimate of drug-likeness (QED) is 0.162. The topological polar surface area (TPSA) is 9.86 Å². The van der Waals surface area contributed by atoms with E-state index >= 15 is 0 Å². The SMILES string of the molecule is [2H]c1c([2H])c([2H])c(-c2cccc(-c3c([2H])c([2H])c([2H])c([2H])c3[2H])c2-c2ccc3c(c2)c2cc(-n4c5ccccc5c5ccccc54)ccc2n3-c2ccccc2-c2ccccc2)c([2H])c1[2H]. The number of benzene rings is 9. The largest absolute Gasteiger partial charge is 0.309 e. The van der Waals surface area contributed by atoms with Gasteiger partial charge >= 0.3 is 0 Å². The first kappa shape index (κ1) is 23.4. The molecular weight excluding hydrogens is 677 g/mol. The molecule has 0 spiro atoms. The minimum Gasteiger partial charge on any atom is -0.309 e. The lowest BCUT2D eigenvalue weighted by atomic mass is 9.87. The maximum absolute atomic E-state index is 9.09. The second kappa shape index (κ2) is 13.2. The van der Waals surface area contributed by atoms with Crippen molar-refractivity contribution in [1.29, 1.82) is 0 Å². The molecule has 2 heterocycles. The van der Waals surface area contributed by atoms with Gasteiger partial charge < -0.3 is 9.13 Å². The van der Waals surface area contributed by atoms with Gasteiger partial charge in [-0.1, -0.05) is 170 Å². The summed E-state index contributed by atoms with van der Waals surface area (Å²) in [6, 6.07) is 47.5. The molecule has 0 bridgehead atoms. The summed E-state index contributed by atoms with van der Waals surface area (Å²) in [5, 5.41) is 3.98. The second-order valence-electron chi connectivity index (χ2n) is 13.7. The van der Waals surface area contributed by atoms with Crippen LogP contribution in [0.2, 0.25) is 0 Å². The van der Waals surface area contributed by atoms with Crippen LogP contribution in [0.5, 0.6) is 0 Å². The molecule has 0 aliphatic heterocycles. The van der Waals surface area contributed by atoms with Crippen LogP contribution < -0.4 is 0 Å². The van der Waals surface area contributed by atoms with Gasteiger partial charge in [0, 0.05) is 32.8 Å². The van der Waals surface area contributed by atoms with Crippen molar-refractivity contribution in [3.63, 3.8) is 0 Å². The van der Waals surface area contributed by atoms with Crippen LogP contribution in [0.25, 0.3) is 99.5 Å². The molecule has 0 fully saturated rings. The highest BCUT2D eigenvalue weighted by Crippen LogP contribution is 2.44. The molecule has 0 radical (unpaired) electrons. The lowest BCUT2D eigenvalue weighted by Gasteiger charge is -2.17. The maximum Gasteiger partial charge on any atom is 0.0629 e. The highest BCUT2D eigenvalue weighted by Gasteiger charge is 2.21. The summed E-state index contributed by atoms with van der Waals surface area (Å²) < 4.78 is 92.1. The van der Waals surface area contributed by atoms with Gasteiger partial charge in [-0.15, -0.1) is 0 Å². The monoisotopic (exact) mass is 722 g/mol. The van der Waals surface area contributed by atoms with Gasteiger partial charge in [-0.3, -0.25) is 0 Å². The van der Waals surface area contributed by atoms with Crippen LogP contribution in [-0.4, -0.2) is 9.13 Å². The van der Waals surface area contributed by atoms with Crippen LogP contribution in [-0.2, 0) is 0 Å². The summed E-state index contributed by atoms with van der Waals surface area (Å²) in [6.45, 7) is 0. The van der Waals surface area contributed by atoms with Crippen LogP contribution in [0.4, 0.5) is 0 Å². The molecule has 2 heteroatoms. The summed E-state index contributed by atoms with van der Waals surface area (Å²) in [5.74, 6) is 0. The number of nitrogens with zero attached hydrogens (tertiary/aromatic N) is 2. The van der Waals surface area contributed by atoms with Crippen LogP contribution in [0, 0.1) is 0 Å². The fourth-order valence-corrected chi connectivity index (χ4v) is 8.35. The van der Waals surface area contributed by atoms with E-state index in [0.717, 1.165) is 66.1 Å². The lowest BCUT2D eigenvalue weighted by molar-refractivity contribution is 1.17. The van der Waals surface area contributed by atoms with Crippen molar-refractivity contribution in [3.8, 4) is 55.9 Å². The molecule has 56 heavy (non-hydrogen) atoms. The van der Waals surface area contributed by atoms with Gasteiger partial charge in [0.1, 0.15) is 0 Å². The van der Waals surface area contributed by atoms with E-state index in [9.17, 15) is 0 Å². The van der Waals surface area contributed by atoms with Gasteiger partial charge in [0.15, 0.2) is 0 Å². The second-order valence-corrected chi connectivity index (χ2v) is 13.7. The molecule has 262 valence electrons. The van der Waals surface area contributed by atoms with E-state index in [1.165, 1.54) is 0 Å². The first-order chi connectivity index (χ1) is 32.0. The summed E-state index contributed by atoms with van der Waals surface area (Å²) in [5.41, 5.74) is 9.06. The number of rotatable bonds is 6. The Bertz CT molecular complexity index is 3640. The normalized spacial score (nSPS) is 14.1. The maximum atomic E-state index is 9.09. The predicted molar refractivity (Wildman–Crippen MR) is 237 cm³/mol. The number of fused-ring (bicyclic) bond motifs is 6.